The fourth-order valence-corrected chi connectivity index (χ4v) is 3.75. The number of rotatable bonds is 5. The highest BCUT2D eigenvalue weighted by Crippen LogP contribution is 2.35. The smallest absolute Gasteiger partial charge is 0.276 e. The van der Waals surface area contributed by atoms with Crippen LogP contribution in [0.25, 0.3) is 11.3 Å². The molecule has 1 aromatic carbocycles. The molecule has 28 heavy (non-hydrogen) atoms. The third-order valence-electron chi connectivity index (χ3n) is 5.40. The Labute approximate surface area is 163 Å². The number of hydrogen-bond donors (Lipinski definition) is 1. The first-order valence-corrected chi connectivity index (χ1v) is 9.76. The van der Waals surface area contributed by atoms with E-state index in [1.807, 2.05) is 13.8 Å². The Balaban J connectivity index is 1.58. The Morgan fingerprint density at radius 1 is 1.32 bits per heavy atom. The van der Waals surface area contributed by atoms with E-state index in [0.29, 0.717) is 30.2 Å². The first-order chi connectivity index (χ1) is 13.4. The van der Waals surface area contributed by atoms with Crippen LogP contribution in [0.1, 0.15) is 43.6 Å². The molecule has 2 heterocycles. The van der Waals surface area contributed by atoms with E-state index >= 15 is 0 Å². The van der Waals surface area contributed by atoms with Crippen LogP contribution < -0.4 is 5.32 Å². The number of carbonyl (C=O) groups excluding carboxylic acids is 2. The van der Waals surface area contributed by atoms with Crippen molar-refractivity contribution in [3.8, 4) is 11.3 Å². The number of halogens is 1. The average molecular weight is 385 g/mol. The Kier molecular flexibility index (Phi) is 4.91. The van der Waals surface area contributed by atoms with Crippen LogP contribution in [0.5, 0.6) is 0 Å². The van der Waals surface area contributed by atoms with Crippen LogP contribution in [-0.2, 0) is 4.79 Å². The van der Waals surface area contributed by atoms with E-state index in [1.165, 1.54) is 12.1 Å². The number of carbonyl (C=O) groups is 2. The standard InChI is InChI=1S/C21H24FN3O3/c1-12(2)9-18-20(26)23-17(13-3-4-13)11-25(18)21(27)16-10-19(28-24-16)14-5-7-15(22)8-6-14/h5-8,10,12-13,17-18H,3-4,9,11H2,1-2H3,(H,23,26)/t17-,18+/m1/s1. The van der Waals surface area contributed by atoms with Crippen molar-refractivity contribution in [1.29, 1.82) is 0 Å². The van der Waals surface area contributed by atoms with E-state index in [0.717, 1.165) is 12.8 Å². The lowest BCUT2D eigenvalue weighted by Gasteiger charge is -2.40. The first kappa shape index (κ1) is 18.7. The number of amides is 2. The second-order valence-corrected chi connectivity index (χ2v) is 8.14. The van der Waals surface area contributed by atoms with Crippen molar-refractivity contribution < 1.29 is 18.5 Å². The highest BCUT2D eigenvalue weighted by atomic mass is 19.1. The monoisotopic (exact) mass is 385 g/mol. The summed E-state index contributed by atoms with van der Waals surface area (Å²) in [6.07, 6.45) is 2.76. The number of piperazine rings is 1. The summed E-state index contributed by atoms with van der Waals surface area (Å²) in [7, 11) is 0. The lowest BCUT2D eigenvalue weighted by molar-refractivity contribution is -0.130. The van der Waals surface area contributed by atoms with Crippen molar-refractivity contribution in [2.75, 3.05) is 6.54 Å². The molecule has 7 heteroatoms. The summed E-state index contributed by atoms with van der Waals surface area (Å²) < 4.78 is 18.4. The van der Waals surface area contributed by atoms with Crippen LogP contribution in [0, 0.1) is 17.7 Å². The Hall–Kier alpha value is -2.70. The van der Waals surface area contributed by atoms with Gasteiger partial charge in [0.2, 0.25) is 5.91 Å². The molecule has 1 aliphatic carbocycles. The molecule has 2 atom stereocenters. The lowest BCUT2D eigenvalue weighted by Crippen LogP contribution is -2.62. The van der Waals surface area contributed by atoms with Gasteiger partial charge in [0, 0.05) is 24.2 Å². The predicted octanol–water partition coefficient (Wildman–Crippen LogP) is 3.25. The molecule has 2 aliphatic rings. The third-order valence-corrected chi connectivity index (χ3v) is 5.40. The van der Waals surface area contributed by atoms with Crippen LogP contribution in [0.15, 0.2) is 34.9 Å². The van der Waals surface area contributed by atoms with Crippen LogP contribution in [-0.4, -0.2) is 40.5 Å². The van der Waals surface area contributed by atoms with E-state index in [4.69, 9.17) is 4.52 Å². The topological polar surface area (TPSA) is 75.4 Å². The molecule has 1 aromatic heterocycles. The second kappa shape index (κ2) is 7.37. The Morgan fingerprint density at radius 2 is 2.04 bits per heavy atom. The molecular weight excluding hydrogens is 361 g/mol. The number of nitrogens with zero attached hydrogens (tertiary/aromatic N) is 2. The van der Waals surface area contributed by atoms with Crippen LogP contribution in [0.2, 0.25) is 0 Å². The van der Waals surface area contributed by atoms with Gasteiger partial charge in [-0.2, -0.15) is 0 Å². The summed E-state index contributed by atoms with van der Waals surface area (Å²) in [5.41, 5.74) is 0.802. The number of hydrogen-bond acceptors (Lipinski definition) is 4. The van der Waals surface area contributed by atoms with E-state index in [-0.39, 0.29) is 35.3 Å². The number of nitrogens with one attached hydrogen (secondary N) is 1. The molecule has 4 rings (SSSR count). The molecule has 0 bridgehead atoms. The van der Waals surface area contributed by atoms with Crippen molar-refractivity contribution >= 4 is 11.8 Å². The first-order valence-electron chi connectivity index (χ1n) is 9.76. The molecular formula is C21H24FN3O3. The zero-order chi connectivity index (χ0) is 19.8. The molecule has 2 aromatic rings. The van der Waals surface area contributed by atoms with Crippen molar-refractivity contribution in [3.05, 3.63) is 41.8 Å². The Bertz CT molecular complexity index is 873. The molecule has 148 valence electrons. The maximum absolute atomic E-state index is 13.2. The quantitative estimate of drug-likeness (QED) is 0.857. The van der Waals surface area contributed by atoms with Gasteiger partial charge in [0.05, 0.1) is 0 Å². The summed E-state index contributed by atoms with van der Waals surface area (Å²) in [6.45, 7) is 4.56. The molecule has 0 spiro atoms. The maximum Gasteiger partial charge on any atom is 0.276 e. The minimum atomic E-state index is -0.506. The Morgan fingerprint density at radius 3 is 2.68 bits per heavy atom. The summed E-state index contributed by atoms with van der Waals surface area (Å²) >= 11 is 0. The molecule has 6 nitrogen and oxygen atoms in total. The van der Waals surface area contributed by atoms with Crippen molar-refractivity contribution in [1.82, 2.24) is 15.4 Å². The minimum Gasteiger partial charge on any atom is -0.355 e. The van der Waals surface area contributed by atoms with Gasteiger partial charge in [-0.15, -0.1) is 0 Å². The molecule has 0 radical (unpaired) electrons. The van der Waals surface area contributed by atoms with Gasteiger partial charge in [-0.1, -0.05) is 19.0 Å². The number of benzene rings is 1. The highest BCUT2D eigenvalue weighted by Gasteiger charge is 2.43. The highest BCUT2D eigenvalue weighted by molar-refractivity contribution is 5.97. The normalized spacial score (nSPS) is 22.4. The molecule has 0 unspecified atom stereocenters. The zero-order valence-electron chi connectivity index (χ0n) is 16.0. The fraction of sp³-hybridized carbons (Fsp3) is 0.476. The molecule has 2 amide bonds. The summed E-state index contributed by atoms with van der Waals surface area (Å²) in [4.78, 5) is 27.5. The lowest BCUT2D eigenvalue weighted by atomic mass is 9.96. The molecule has 1 aliphatic heterocycles. The summed E-state index contributed by atoms with van der Waals surface area (Å²) in [6, 6.07) is 6.85. The van der Waals surface area contributed by atoms with Gasteiger partial charge >= 0.3 is 0 Å². The van der Waals surface area contributed by atoms with Gasteiger partial charge in [-0.05, 0) is 55.4 Å². The summed E-state index contributed by atoms with van der Waals surface area (Å²) in [5.74, 6) is 0.378. The SMILES string of the molecule is CC(C)C[C@H]1C(=O)N[C@@H](C2CC2)CN1C(=O)c1cc(-c2ccc(F)cc2)on1. The van der Waals surface area contributed by atoms with Gasteiger partial charge in [0.1, 0.15) is 11.9 Å². The van der Waals surface area contributed by atoms with Crippen molar-refractivity contribution in [2.45, 2.75) is 45.2 Å². The molecule has 2 fully saturated rings. The van der Waals surface area contributed by atoms with Gasteiger partial charge < -0.3 is 14.7 Å². The van der Waals surface area contributed by atoms with Gasteiger partial charge in [-0.25, -0.2) is 4.39 Å². The summed E-state index contributed by atoms with van der Waals surface area (Å²) in [5, 5.41) is 7.02. The van der Waals surface area contributed by atoms with Gasteiger partial charge in [0.15, 0.2) is 11.5 Å². The average Bonchev–Trinajstić information content (AvgIpc) is 3.40. The zero-order valence-corrected chi connectivity index (χ0v) is 16.0. The van der Waals surface area contributed by atoms with Gasteiger partial charge in [0.25, 0.3) is 5.91 Å². The largest absolute Gasteiger partial charge is 0.355 e. The van der Waals surface area contributed by atoms with E-state index in [2.05, 4.69) is 10.5 Å². The third kappa shape index (κ3) is 3.79. The predicted molar refractivity (Wildman–Crippen MR) is 101 cm³/mol. The molecule has 1 N–H and O–H groups in total. The molecule has 1 saturated heterocycles. The number of aromatic nitrogens is 1. The van der Waals surface area contributed by atoms with Crippen LogP contribution in [0.3, 0.4) is 0 Å². The minimum absolute atomic E-state index is 0.00309. The van der Waals surface area contributed by atoms with E-state index in [9.17, 15) is 14.0 Å². The fourth-order valence-electron chi connectivity index (χ4n) is 3.75. The van der Waals surface area contributed by atoms with Crippen LogP contribution in [0.4, 0.5) is 4.39 Å². The maximum atomic E-state index is 13.2. The van der Waals surface area contributed by atoms with Crippen LogP contribution >= 0.6 is 0 Å². The van der Waals surface area contributed by atoms with Gasteiger partial charge in [-0.3, -0.25) is 9.59 Å². The molecule has 1 saturated carbocycles. The van der Waals surface area contributed by atoms with Crippen molar-refractivity contribution in [3.63, 3.8) is 0 Å². The van der Waals surface area contributed by atoms with E-state index in [1.54, 1.807) is 23.1 Å². The second-order valence-electron chi connectivity index (χ2n) is 8.14. The van der Waals surface area contributed by atoms with E-state index < -0.39 is 6.04 Å². The van der Waals surface area contributed by atoms with Crippen molar-refractivity contribution in [2.24, 2.45) is 11.8 Å².